The van der Waals surface area contributed by atoms with Crippen molar-refractivity contribution in [3.05, 3.63) is 24.3 Å². The van der Waals surface area contributed by atoms with E-state index < -0.39 is 5.60 Å². The molecule has 1 N–H and O–H groups in total. The number of para-hydroxylation sites is 2. The van der Waals surface area contributed by atoms with Gasteiger partial charge in [0.1, 0.15) is 5.60 Å². The highest BCUT2D eigenvalue weighted by atomic mass is 16.6. The fraction of sp³-hybridized carbons (Fsp3) is 0.579. The minimum atomic E-state index is -0.450. The van der Waals surface area contributed by atoms with E-state index in [0.717, 1.165) is 43.4 Å². The van der Waals surface area contributed by atoms with Crippen LogP contribution in [0, 0.1) is 5.92 Å². The molecule has 1 atom stereocenters. The summed E-state index contributed by atoms with van der Waals surface area (Å²) in [6.45, 7) is 7.79. The molecular weight excluding hydrogens is 318 g/mol. The number of rotatable bonds is 4. The van der Waals surface area contributed by atoms with Crippen LogP contribution in [0.15, 0.2) is 24.3 Å². The number of aromatic nitrogens is 2. The fourth-order valence-corrected chi connectivity index (χ4v) is 3.11. The molecule has 136 valence electrons. The Morgan fingerprint density at radius 3 is 2.92 bits per heavy atom. The van der Waals surface area contributed by atoms with Crippen LogP contribution in [0.25, 0.3) is 11.0 Å². The Morgan fingerprint density at radius 2 is 2.16 bits per heavy atom. The summed E-state index contributed by atoms with van der Waals surface area (Å²) in [5, 5.41) is 0. The summed E-state index contributed by atoms with van der Waals surface area (Å²) in [5.41, 5.74) is 1.44. The highest BCUT2D eigenvalue weighted by molar-refractivity contribution is 5.75. The number of piperidine rings is 1. The van der Waals surface area contributed by atoms with Gasteiger partial charge in [-0.15, -0.1) is 0 Å². The summed E-state index contributed by atoms with van der Waals surface area (Å²) in [5.74, 6) is 0.436. The molecule has 1 saturated heterocycles. The van der Waals surface area contributed by atoms with Gasteiger partial charge in [0, 0.05) is 13.1 Å². The first-order valence-corrected chi connectivity index (χ1v) is 8.96. The van der Waals surface area contributed by atoms with Gasteiger partial charge in [-0.3, -0.25) is 0 Å². The predicted molar refractivity (Wildman–Crippen MR) is 96.7 cm³/mol. The normalized spacial score (nSPS) is 18.4. The molecule has 1 aliphatic heterocycles. The predicted octanol–water partition coefficient (Wildman–Crippen LogP) is 3.98. The molecule has 0 aliphatic carbocycles. The molecule has 1 aromatic heterocycles. The number of nitrogens with zero attached hydrogens (tertiary/aromatic N) is 2. The van der Waals surface area contributed by atoms with Gasteiger partial charge in [0.25, 0.3) is 6.01 Å². The van der Waals surface area contributed by atoms with Crippen LogP contribution in [0.1, 0.15) is 40.0 Å². The van der Waals surface area contributed by atoms with Gasteiger partial charge in [-0.2, -0.15) is 4.98 Å². The third kappa shape index (κ3) is 4.87. The maximum Gasteiger partial charge on any atom is 0.410 e. The number of aromatic amines is 1. The summed E-state index contributed by atoms with van der Waals surface area (Å²) in [7, 11) is 0. The monoisotopic (exact) mass is 345 g/mol. The molecule has 1 aliphatic rings. The first-order chi connectivity index (χ1) is 11.9. The van der Waals surface area contributed by atoms with Crippen molar-refractivity contribution in [3.63, 3.8) is 0 Å². The number of carbonyl (C=O) groups excluding carboxylic acids is 1. The summed E-state index contributed by atoms with van der Waals surface area (Å²) in [6, 6.07) is 8.42. The number of ether oxygens (including phenoxy) is 2. The molecule has 0 unspecified atom stereocenters. The second kappa shape index (κ2) is 7.33. The minimum absolute atomic E-state index is 0.213. The van der Waals surface area contributed by atoms with E-state index in [2.05, 4.69) is 9.97 Å². The summed E-state index contributed by atoms with van der Waals surface area (Å²) >= 11 is 0. The molecule has 25 heavy (non-hydrogen) atoms. The fourth-order valence-electron chi connectivity index (χ4n) is 3.11. The average molecular weight is 345 g/mol. The van der Waals surface area contributed by atoms with Crippen molar-refractivity contribution in [2.45, 2.75) is 45.6 Å². The number of hydrogen-bond acceptors (Lipinski definition) is 4. The quantitative estimate of drug-likeness (QED) is 0.910. The molecule has 0 bridgehead atoms. The van der Waals surface area contributed by atoms with E-state index in [0.29, 0.717) is 18.5 Å². The second-order valence-electron chi connectivity index (χ2n) is 7.63. The first-order valence-electron chi connectivity index (χ1n) is 8.96. The molecule has 0 radical (unpaired) electrons. The van der Waals surface area contributed by atoms with Crippen molar-refractivity contribution in [1.82, 2.24) is 14.9 Å². The number of fused-ring (bicyclic) bond motifs is 1. The standard InChI is InChI=1S/C19H27N3O3/c1-19(2,3)25-18(23)22-11-6-7-14(13-22)10-12-24-17-20-15-8-4-5-9-16(15)21-17/h4-5,8-9,14H,6-7,10-13H2,1-3H3,(H,20,21)/t14-/m1/s1. The van der Waals surface area contributed by atoms with E-state index in [1.165, 1.54) is 0 Å². The van der Waals surface area contributed by atoms with Gasteiger partial charge < -0.3 is 19.4 Å². The van der Waals surface area contributed by atoms with E-state index in [9.17, 15) is 4.79 Å². The number of nitrogens with one attached hydrogen (secondary N) is 1. The van der Waals surface area contributed by atoms with Gasteiger partial charge in [0.05, 0.1) is 17.6 Å². The molecule has 0 spiro atoms. The molecule has 2 aromatic rings. The van der Waals surface area contributed by atoms with Crippen LogP contribution in [0.4, 0.5) is 4.79 Å². The summed E-state index contributed by atoms with van der Waals surface area (Å²) < 4.78 is 11.2. The van der Waals surface area contributed by atoms with Crippen molar-refractivity contribution in [3.8, 4) is 6.01 Å². The number of H-pyrrole nitrogens is 1. The summed E-state index contributed by atoms with van der Waals surface area (Å²) in [4.78, 5) is 21.6. The number of benzene rings is 1. The van der Waals surface area contributed by atoms with Crippen molar-refractivity contribution < 1.29 is 14.3 Å². The average Bonchev–Trinajstić information content (AvgIpc) is 2.96. The second-order valence-corrected chi connectivity index (χ2v) is 7.63. The lowest BCUT2D eigenvalue weighted by Gasteiger charge is -2.34. The zero-order valence-electron chi connectivity index (χ0n) is 15.2. The van der Waals surface area contributed by atoms with E-state index in [4.69, 9.17) is 9.47 Å². The maximum absolute atomic E-state index is 12.2. The van der Waals surface area contributed by atoms with E-state index in [1.807, 2.05) is 49.9 Å². The van der Waals surface area contributed by atoms with Gasteiger partial charge in [-0.25, -0.2) is 4.79 Å². The lowest BCUT2D eigenvalue weighted by Crippen LogP contribution is -2.43. The minimum Gasteiger partial charge on any atom is -0.465 e. The molecule has 1 fully saturated rings. The van der Waals surface area contributed by atoms with Crippen molar-refractivity contribution >= 4 is 17.1 Å². The number of hydrogen-bond donors (Lipinski definition) is 1. The van der Waals surface area contributed by atoms with Crippen LogP contribution in [0.2, 0.25) is 0 Å². The Hall–Kier alpha value is -2.24. The van der Waals surface area contributed by atoms with Crippen molar-refractivity contribution in [2.75, 3.05) is 19.7 Å². The largest absolute Gasteiger partial charge is 0.465 e. The van der Waals surface area contributed by atoms with E-state index >= 15 is 0 Å². The van der Waals surface area contributed by atoms with E-state index in [-0.39, 0.29) is 6.09 Å². The van der Waals surface area contributed by atoms with Gasteiger partial charge in [-0.1, -0.05) is 12.1 Å². The van der Waals surface area contributed by atoms with Gasteiger partial charge in [-0.05, 0) is 58.1 Å². The zero-order chi connectivity index (χ0) is 17.9. The Balaban J connectivity index is 1.47. The zero-order valence-corrected chi connectivity index (χ0v) is 15.2. The van der Waals surface area contributed by atoms with Crippen molar-refractivity contribution in [1.29, 1.82) is 0 Å². The Morgan fingerprint density at radius 1 is 1.36 bits per heavy atom. The Kier molecular flexibility index (Phi) is 5.16. The number of likely N-dealkylation sites (tertiary alicyclic amines) is 1. The van der Waals surface area contributed by atoms with Gasteiger partial charge in [0.15, 0.2) is 0 Å². The lowest BCUT2D eigenvalue weighted by molar-refractivity contribution is 0.0154. The first kappa shape index (κ1) is 17.6. The maximum atomic E-state index is 12.2. The molecular formula is C19H27N3O3. The highest BCUT2D eigenvalue weighted by Crippen LogP contribution is 2.22. The van der Waals surface area contributed by atoms with Crippen LogP contribution in [0.3, 0.4) is 0 Å². The van der Waals surface area contributed by atoms with Crippen LogP contribution in [0.5, 0.6) is 6.01 Å². The third-order valence-electron chi connectivity index (χ3n) is 4.30. The Labute approximate surface area is 148 Å². The van der Waals surface area contributed by atoms with Gasteiger partial charge >= 0.3 is 6.09 Å². The molecule has 2 heterocycles. The smallest absolute Gasteiger partial charge is 0.410 e. The van der Waals surface area contributed by atoms with Gasteiger partial charge in [0.2, 0.25) is 0 Å². The lowest BCUT2D eigenvalue weighted by atomic mass is 9.95. The van der Waals surface area contributed by atoms with Crippen molar-refractivity contribution in [2.24, 2.45) is 5.92 Å². The molecule has 6 nitrogen and oxygen atoms in total. The number of amides is 1. The number of imidazole rings is 1. The molecule has 6 heteroatoms. The van der Waals surface area contributed by atoms with E-state index in [1.54, 1.807) is 0 Å². The Bertz CT molecular complexity index is 687. The van der Waals surface area contributed by atoms with Crippen LogP contribution in [-0.2, 0) is 4.74 Å². The SMILES string of the molecule is CC(C)(C)OC(=O)N1CCC[C@H](CCOc2nc3ccccc3[nH]2)C1. The number of carbonyl (C=O) groups is 1. The van der Waals surface area contributed by atoms with Crippen LogP contribution < -0.4 is 4.74 Å². The molecule has 0 saturated carbocycles. The molecule has 3 rings (SSSR count). The van der Waals surface area contributed by atoms with Crippen LogP contribution in [-0.4, -0.2) is 46.3 Å². The topological polar surface area (TPSA) is 67.4 Å². The highest BCUT2D eigenvalue weighted by Gasteiger charge is 2.27. The third-order valence-corrected chi connectivity index (χ3v) is 4.30. The van der Waals surface area contributed by atoms with Crippen LogP contribution >= 0.6 is 0 Å². The molecule has 1 aromatic carbocycles. The summed E-state index contributed by atoms with van der Waals surface area (Å²) in [6.07, 6.45) is 2.81. The molecule has 1 amide bonds.